The molecule has 0 bridgehead atoms. The molecule has 0 aliphatic heterocycles. The number of ether oxygens (including phenoxy) is 1. The molecule has 0 saturated carbocycles. The summed E-state index contributed by atoms with van der Waals surface area (Å²) in [4.78, 5) is 0.0785. The minimum absolute atomic E-state index is 0.0785. The Hall–Kier alpha value is -1.85. The summed E-state index contributed by atoms with van der Waals surface area (Å²) >= 11 is 0. The second-order valence-electron chi connectivity index (χ2n) is 4.00. The van der Waals surface area contributed by atoms with Gasteiger partial charge in [-0.25, -0.2) is 13.6 Å². The molecule has 2 N–H and O–H groups in total. The maximum absolute atomic E-state index is 11.4. The average molecular weight is 277 g/mol. The van der Waals surface area contributed by atoms with Gasteiger partial charge in [0.05, 0.1) is 11.5 Å². The molecule has 2 rings (SSSR count). The molecule has 2 aromatic rings. The smallest absolute Gasteiger partial charge is 0.238 e. The fourth-order valence-electron chi connectivity index (χ4n) is 1.81. The molecule has 0 aromatic heterocycles. The van der Waals surface area contributed by atoms with Crippen molar-refractivity contribution in [2.75, 3.05) is 6.61 Å². The molecule has 100 valence electrons. The van der Waals surface area contributed by atoms with Crippen molar-refractivity contribution in [2.45, 2.75) is 11.8 Å². The van der Waals surface area contributed by atoms with E-state index in [1.54, 1.807) is 6.07 Å². The van der Waals surface area contributed by atoms with Gasteiger partial charge in [-0.2, -0.15) is 0 Å². The van der Waals surface area contributed by atoms with Gasteiger partial charge in [0.1, 0.15) is 5.75 Å². The van der Waals surface area contributed by atoms with Crippen molar-refractivity contribution in [3.05, 3.63) is 48.5 Å². The van der Waals surface area contributed by atoms with Crippen LogP contribution in [0.2, 0.25) is 0 Å². The van der Waals surface area contributed by atoms with Crippen molar-refractivity contribution in [2.24, 2.45) is 5.14 Å². The van der Waals surface area contributed by atoms with E-state index in [1.165, 1.54) is 12.1 Å². The van der Waals surface area contributed by atoms with Crippen molar-refractivity contribution in [1.29, 1.82) is 0 Å². The molecular weight excluding hydrogens is 262 g/mol. The lowest BCUT2D eigenvalue weighted by Gasteiger charge is -2.11. The molecule has 0 aliphatic rings. The molecule has 0 unspecified atom stereocenters. The van der Waals surface area contributed by atoms with E-state index in [4.69, 9.17) is 9.88 Å². The zero-order valence-corrected chi connectivity index (χ0v) is 11.4. The first-order chi connectivity index (χ1) is 9.02. The standard InChI is InChI=1S/C14H15NO3S/c1-2-18-14-9-8-12(19(15,16)17)10-13(14)11-6-4-3-5-7-11/h3-10H,2H2,1H3,(H2,15,16,17). The minimum atomic E-state index is -3.72. The van der Waals surface area contributed by atoms with Gasteiger partial charge >= 0.3 is 0 Å². The summed E-state index contributed by atoms with van der Waals surface area (Å²) in [6, 6.07) is 14.1. The molecule has 0 atom stereocenters. The Labute approximate surface area is 112 Å². The van der Waals surface area contributed by atoms with E-state index >= 15 is 0 Å². The van der Waals surface area contributed by atoms with Crippen molar-refractivity contribution in [3.8, 4) is 16.9 Å². The Kier molecular flexibility index (Phi) is 3.87. The monoisotopic (exact) mass is 277 g/mol. The topological polar surface area (TPSA) is 69.4 Å². The third kappa shape index (κ3) is 3.13. The van der Waals surface area contributed by atoms with E-state index in [0.29, 0.717) is 17.9 Å². The molecule has 19 heavy (non-hydrogen) atoms. The largest absolute Gasteiger partial charge is 0.493 e. The Morgan fingerprint density at radius 1 is 1.11 bits per heavy atom. The van der Waals surface area contributed by atoms with Gasteiger partial charge in [0.15, 0.2) is 0 Å². The van der Waals surface area contributed by atoms with Gasteiger partial charge in [-0.15, -0.1) is 0 Å². The second kappa shape index (κ2) is 5.42. The van der Waals surface area contributed by atoms with Crippen LogP contribution in [0.4, 0.5) is 0 Å². The van der Waals surface area contributed by atoms with Crippen LogP contribution in [0.15, 0.2) is 53.4 Å². The Bertz CT molecular complexity index is 666. The summed E-state index contributed by atoms with van der Waals surface area (Å²) in [6.07, 6.45) is 0. The number of rotatable bonds is 4. The van der Waals surface area contributed by atoms with Crippen LogP contribution in [-0.4, -0.2) is 15.0 Å². The number of nitrogens with two attached hydrogens (primary N) is 1. The molecule has 2 aromatic carbocycles. The van der Waals surface area contributed by atoms with Gasteiger partial charge in [0, 0.05) is 5.56 Å². The van der Waals surface area contributed by atoms with Crippen molar-refractivity contribution in [3.63, 3.8) is 0 Å². The quantitative estimate of drug-likeness (QED) is 0.933. The molecule has 0 aliphatic carbocycles. The zero-order chi connectivity index (χ0) is 13.9. The molecule has 0 spiro atoms. The highest BCUT2D eigenvalue weighted by Crippen LogP contribution is 2.32. The minimum Gasteiger partial charge on any atom is -0.493 e. The molecule has 0 fully saturated rings. The maximum atomic E-state index is 11.4. The van der Waals surface area contributed by atoms with E-state index in [1.807, 2.05) is 37.3 Å². The lowest BCUT2D eigenvalue weighted by molar-refractivity contribution is 0.341. The van der Waals surface area contributed by atoms with E-state index in [9.17, 15) is 8.42 Å². The predicted octanol–water partition coefficient (Wildman–Crippen LogP) is 2.40. The Morgan fingerprint density at radius 2 is 1.79 bits per heavy atom. The van der Waals surface area contributed by atoms with E-state index in [0.717, 1.165) is 5.56 Å². The third-order valence-corrected chi connectivity index (χ3v) is 3.58. The first-order valence-electron chi connectivity index (χ1n) is 5.87. The first-order valence-corrected chi connectivity index (χ1v) is 7.42. The lowest BCUT2D eigenvalue weighted by atomic mass is 10.0. The van der Waals surface area contributed by atoms with Crippen LogP contribution in [0.3, 0.4) is 0 Å². The fraction of sp³-hybridized carbons (Fsp3) is 0.143. The van der Waals surface area contributed by atoms with Gasteiger partial charge in [0.25, 0.3) is 0 Å². The van der Waals surface area contributed by atoms with Crippen LogP contribution >= 0.6 is 0 Å². The maximum Gasteiger partial charge on any atom is 0.238 e. The van der Waals surface area contributed by atoms with Gasteiger partial charge < -0.3 is 4.74 Å². The fourth-order valence-corrected chi connectivity index (χ4v) is 2.35. The number of hydrogen-bond acceptors (Lipinski definition) is 3. The normalized spacial score (nSPS) is 11.3. The zero-order valence-electron chi connectivity index (χ0n) is 10.5. The number of benzene rings is 2. The molecule has 0 saturated heterocycles. The van der Waals surface area contributed by atoms with E-state index in [2.05, 4.69) is 0 Å². The highest BCUT2D eigenvalue weighted by Gasteiger charge is 2.13. The molecule has 0 amide bonds. The average Bonchev–Trinajstić information content (AvgIpc) is 2.39. The molecular formula is C14H15NO3S. The number of primary sulfonamides is 1. The molecule has 4 nitrogen and oxygen atoms in total. The summed E-state index contributed by atoms with van der Waals surface area (Å²) in [7, 11) is -3.72. The predicted molar refractivity (Wildman–Crippen MR) is 74.4 cm³/mol. The Balaban J connectivity index is 2.61. The van der Waals surface area contributed by atoms with E-state index < -0.39 is 10.0 Å². The molecule has 5 heteroatoms. The molecule has 0 radical (unpaired) electrons. The van der Waals surface area contributed by atoms with Crippen LogP contribution in [-0.2, 0) is 10.0 Å². The highest BCUT2D eigenvalue weighted by molar-refractivity contribution is 7.89. The van der Waals surface area contributed by atoms with Gasteiger partial charge in [-0.05, 0) is 30.7 Å². The summed E-state index contributed by atoms with van der Waals surface area (Å²) in [6.45, 7) is 2.39. The summed E-state index contributed by atoms with van der Waals surface area (Å²) in [5, 5.41) is 5.16. The van der Waals surface area contributed by atoms with Gasteiger partial charge in [0.2, 0.25) is 10.0 Å². The first kappa shape index (κ1) is 13.6. The van der Waals surface area contributed by atoms with Crippen LogP contribution in [0.25, 0.3) is 11.1 Å². The number of hydrogen-bond donors (Lipinski definition) is 1. The second-order valence-corrected chi connectivity index (χ2v) is 5.56. The summed E-state index contributed by atoms with van der Waals surface area (Å²) < 4.78 is 28.4. The highest BCUT2D eigenvalue weighted by atomic mass is 32.2. The Morgan fingerprint density at radius 3 is 2.37 bits per heavy atom. The van der Waals surface area contributed by atoms with Crippen molar-refractivity contribution >= 4 is 10.0 Å². The van der Waals surface area contributed by atoms with Crippen LogP contribution < -0.4 is 9.88 Å². The van der Waals surface area contributed by atoms with Crippen LogP contribution in [0.5, 0.6) is 5.75 Å². The lowest BCUT2D eigenvalue weighted by Crippen LogP contribution is -2.12. The summed E-state index contributed by atoms with van der Waals surface area (Å²) in [5.41, 5.74) is 1.60. The van der Waals surface area contributed by atoms with Crippen molar-refractivity contribution in [1.82, 2.24) is 0 Å². The molecule has 0 heterocycles. The van der Waals surface area contributed by atoms with Crippen molar-refractivity contribution < 1.29 is 13.2 Å². The van der Waals surface area contributed by atoms with E-state index in [-0.39, 0.29) is 4.90 Å². The van der Waals surface area contributed by atoms with Crippen LogP contribution in [0, 0.1) is 0 Å². The third-order valence-electron chi connectivity index (χ3n) is 2.66. The van der Waals surface area contributed by atoms with Gasteiger partial charge in [-0.3, -0.25) is 0 Å². The SMILES string of the molecule is CCOc1ccc(S(N)(=O)=O)cc1-c1ccccc1. The van der Waals surface area contributed by atoms with Gasteiger partial charge in [-0.1, -0.05) is 30.3 Å². The summed E-state index contributed by atoms with van der Waals surface area (Å²) in [5.74, 6) is 0.640. The number of sulfonamides is 1. The van der Waals surface area contributed by atoms with Crippen LogP contribution in [0.1, 0.15) is 6.92 Å².